The molecule has 0 unspecified atom stereocenters. The second-order valence-electron chi connectivity index (χ2n) is 13.7. The molecule has 0 atom stereocenters. The Morgan fingerprint density at radius 1 is 0.868 bits per heavy atom. The number of nitrogens with zero attached hydrogens (tertiary/aromatic N) is 1. The predicted molar refractivity (Wildman–Crippen MR) is 162 cm³/mol. The number of carbonyl (C=O) groups excluding carboxylic acids is 1. The highest BCUT2D eigenvalue weighted by molar-refractivity contribution is 6.69. The second-order valence-corrected chi connectivity index (χ2v) is 18.1. The smallest absolute Gasteiger partial charge is 0.373 e. The minimum Gasteiger partial charge on any atom is -0.455 e. The molecule has 2 aliphatic rings. The van der Waals surface area contributed by atoms with Crippen molar-refractivity contribution in [1.82, 2.24) is 0 Å². The van der Waals surface area contributed by atoms with Gasteiger partial charge in [0, 0.05) is 12.0 Å². The average molecular weight is 547 g/mol. The molecule has 0 radical (unpaired) electrons. The van der Waals surface area contributed by atoms with Crippen LogP contribution in [0.4, 0.5) is 0 Å². The highest BCUT2D eigenvalue weighted by Gasteiger charge is 2.41. The molecular weight excluding hydrogens is 486 g/mol. The van der Waals surface area contributed by atoms with E-state index in [0.29, 0.717) is 0 Å². The van der Waals surface area contributed by atoms with Crippen molar-refractivity contribution in [2.75, 3.05) is 0 Å². The number of hydrogen-bond donors (Lipinski definition) is 0. The number of ether oxygens (including phenoxy) is 1. The predicted octanol–water partition coefficient (Wildman–Crippen LogP) is 8.96. The highest BCUT2D eigenvalue weighted by Crippen LogP contribution is 2.41. The lowest BCUT2D eigenvalue weighted by Gasteiger charge is -2.40. The van der Waals surface area contributed by atoms with Crippen LogP contribution in [-0.2, 0) is 38.9 Å². The molecule has 1 aromatic rings. The minimum atomic E-state index is -1.86. The fourth-order valence-corrected chi connectivity index (χ4v) is 7.43. The van der Waals surface area contributed by atoms with E-state index < -0.39 is 13.9 Å². The maximum Gasteiger partial charge on any atom is 0.373 e. The zero-order valence-electron chi connectivity index (χ0n) is 26.3. The van der Waals surface area contributed by atoms with Gasteiger partial charge < -0.3 is 9.16 Å². The van der Waals surface area contributed by atoms with Crippen LogP contribution in [0, 0.1) is 0 Å². The van der Waals surface area contributed by atoms with Crippen molar-refractivity contribution in [2.45, 2.75) is 175 Å². The third-order valence-corrected chi connectivity index (χ3v) is 8.52. The van der Waals surface area contributed by atoms with Gasteiger partial charge in [-0.1, -0.05) is 78.1 Å². The van der Waals surface area contributed by atoms with Crippen LogP contribution < -0.4 is 4.57 Å². The Kier molecular flexibility index (Phi) is 13.5. The Morgan fingerprint density at radius 3 is 1.89 bits per heavy atom. The van der Waals surface area contributed by atoms with Crippen LogP contribution >= 0.6 is 0 Å². The van der Waals surface area contributed by atoms with E-state index in [4.69, 9.17) is 9.16 Å². The molecule has 0 amide bonds. The van der Waals surface area contributed by atoms with E-state index in [-0.39, 0.29) is 18.1 Å². The zero-order valence-corrected chi connectivity index (χ0v) is 27.3. The number of esters is 1. The van der Waals surface area contributed by atoms with Crippen molar-refractivity contribution in [3.8, 4) is 0 Å². The fourth-order valence-electron chi connectivity index (χ4n) is 5.95. The molecule has 1 aliphatic heterocycles. The lowest BCUT2D eigenvalue weighted by Crippen LogP contribution is -2.49. The third kappa shape index (κ3) is 11.5. The molecule has 0 spiro atoms. The van der Waals surface area contributed by atoms with Crippen LogP contribution in [0.25, 0.3) is 0 Å². The monoisotopic (exact) mass is 546 g/mol. The molecule has 218 valence electrons. The second kappa shape index (κ2) is 15.5. The third-order valence-electron chi connectivity index (χ3n) is 7.52. The number of aryl methyl sites for hydroxylation is 1. The SMILES string of the molecule is CCCCC(CCCC)(O[Si](C)(C)C)c1cc2c[n+](CC(=O)OC(C)(C)C)c1CCCCCCCCCC2. The summed E-state index contributed by atoms with van der Waals surface area (Å²) in [6, 6.07) is 2.50. The lowest BCUT2D eigenvalue weighted by atomic mass is 9.81. The molecule has 0 saturated heterocycles. The summed E-state index contributed by atoms with van der Waals surface area (Å²) in [6.45, 7) is 17.7. The van der Waals surface area contributed by atoms with Gasteiger partial charge in [-0.25, -0.2) is 4.79 Å². The molecule has 4 nitrogen and oxygen atoms in total. The van der Waals surface area contributed by atoms with Crippen LogP contribution in [0.2, 0.25) is 19.6 Å². The van der Waals surface area contributed by atoms with Gasteiger partial charge in [-0.3, -0.25) is 0 Å². The maximum atomic E-state index is 13.2. The van der Waals surface area contributed by atoms with Crippen molar-refractivity contribution in [3.63, 3.8) is 0 Å². The normalized spacial score (nSPS) is 16.3. The highest BCUT2D eigenvalue weighted by atomic mass is 28.4. The van der Waals surface area contributed by atoms with Gasteiger partial charge in [-0.05, 0) is 78.6 Å². The number of hydrogen-bond acceptors (Lipinski definition) is 3. The van der Waals surface area contributed by atoms with Gasteiger partial charge in [0.2, 0.25) is 6.54 Å². The summed E-state index contributed by atoms with van der Waals surface area (Å²) in [5.41, 5.74) is 3.26. The molecule has 0 fully saturated rings. The van der Waals surface area contributed by atoms with Crippen molar-refractivity contribution in [3.05, 3.63) is 29.1 Å². The summed E-state index contributed by atoms with van der Waals surface area (Å²) in [5, 5.41) is 0. The summed E-state index contributed by atoms with van der Waals surface area (Å²) in [4.78, 5) is 13.2. The summed E-state index contributed by atoms with van der Waals surface area (Å²) in [5.74, 6) is -0.146. The van der Waals surface area contributed by atoms with Gasteiger partial charge in [0.1, 0.15) is 5.60 Å². The molecule has 2 heterocycles. The van der Waals surface area contributed by atoms with Gasteiger partial charge in [0.05, 0.1) is 11.2 Å². The van der Waals surface area contributed by atoms with E-state index >= 15 is 0 Å². The number of pyridine rings is 1. The number of aromatic nitrogens is 1. The van der Waals surface area contributed by atoms with Crippen LogP contribution in [-0.4, -0.2) is 19.9 Å². The van der Waals surface area contributed by atoms with E-state index in [1.165, 1.54) is 61.8 Å². The van der Waals surface area contributed by atoms with Crippen molar-refractivity contribution >= 4 is 14.3 Å². The average Bonchev–Trinajstić information content (AvgIpc) is 2.80. The molecule has 1 aromatic heterocycles. The largest absolute Gasteiger partial charge is 0.455 e. The molecule has 1 aliphatic carbocycles. The molecule has 38 heavy (non-hydrogen) atoms. The Bertz CT molecular complexity index is 845. The van der Waals surface area contributed by atoms with Crippen molar-refractivity contribution < 1.29 is 18.5 Å². The van der Waals surface area contributed by atoms with Crippen LogP contribution in [0.5, 0.6) is 0 Å². The Morgan fingerprint density at radius 2 is 1.39 bits per heavy atom. The van der Waals surface area contributed by atoms with E-state index in [1.807, 2.05) is 20.8 Å². The van der Waals surface area contributed by atoms with E-state index in [2.05, 4.69) is 50.3 Å². The first-order valence-corrected chi connectivity index (χ1v) is 19.3. The number of fused-ring (bicyclic) bond motifs is 11. The first-order valence-electron chi connectivity index (χ1n) is 15.9. The first kappa shape index (κ1) is 33.0. The lowest BCUT2D eigenvalue weighted by molar-refractivity contribution is -0.694. The molecule has 0 aromatic carbocycles. The van der Waals surface area contributed by atoms with Gasteiger partial charge >= 0.3 is 5.97 Å². The summed E-state index contributed by atoms with van der Waals surface area (Å²) in [6.07, 6.45) is 21.3. The van der Waals surface area contributed by atoms with Crippen LogP contribution in [0.1, 0.15) is 141 Å². The Hall–Kier alpha value is -1.20. The molecule has 3 rings (SSSR count). The molecule has 0 N–H and O–H groups in total. The number of rotatable bonds is 11. The first-order chi connectivity index (χ1) is 17.9. The van der Waals surface area contributed by atoms with Crippen molar-refractivity contribution in [2.24, 2.45) is 0 Å². The Balaban J connectivity index is 2.73. The fraction of sp³-hybridized carbons (Fsp3) is 0.818. The van der Waals surface area contributed by atoms with E-state index in [1.54, 1.807) is 0 Å². The van der Waals surface area contributed by atoms with E-state index in [0.717, 1.165) is 57.8 Å². The molecule has 0 saturated carbocycles. The molecule has 5 heteroatoms. The molecular formula is C33H60NO3Si+. The van der Waals surface area contributed by atoms with Gasteiger partial charge in [-0.15, -0.1) is 0 Å². The van der Waals surface area contributed by atoms with Gasteiger partial charge in [0.15, 0.2) is 20.2 Å². The number of carbonyl (C=O) groups is 1. The molecule has 2 bridgehead atoms. The summed E-state index contributed by atoms with van der Waals surface area (Å²) < 4.78 is 15.4. The zero-order chi connectivity index (χ0) is 28.2. The minimum absolute atomic E-state index is 0.146. The van der Waals surface area contributed by atoms with Gasteiger partial charge in [0.25, 0.3) is 0 Å². The topological polar surface area (TPSA) is 39.4 Å². The van der Waals surface area contributed by atoms with Crippen LogP contribution in [0.3, 0.4) is 0 Å². The van der Waals surface area contributed by atoms with Crippen molar-refractivity contribution in [1.29, 1.82) is 0 Å². The standard InChI is InChI=1S/C33H60NO3Si/c1-9-11-23-33(24-12-10-2,37-38(6,7)8)29-25-28-21-19-17-15-13-14-16-18-20-22-30(29)34(26-28)27-31(35)36-32(3,4)5/h25-26H,9-24,27H2,1-8H3/q+1. The van der Waals surface area contributed by atoms with Crippen LogP contribution in [0.15, 0.2) is 12.3 Å². The number of unbranched alkanes of at least 4 members (excludes halogenated alkanes) is 2. The Labute approximate surface area is 236 Å². The summed E-state index contributed by atoms with van der Waals surface area (Å²) >= 11 is 0. The van der Waals surface area contributed by atoms with Gasteiger partial charge in [-0.2, -0.15) is 4.57 Å². The summed E-state index contributed by atoms with van der Waals surface area (Å²) in [7, 11) is -1.86. The van der Waals surface area contributed by atoms with E-state index in [9.17, 15) is 4.79 Å². The quantitative estimate of drug-likeness (QED) is 0.158. The maximum absolute atomic E-state index is 13.2.